The van der Waals surface area contributed by atoms with E-state index in [0.717, 1.165) is 18.4 Å². The predicted octanol–water partition coefficient (Wildman–Crippen LogP) is 4.52. The average Bonchev–Trinajstić information content (AvgIpc) is 3.54. The van der Waals surface area contributed by atoms with Crippen LogP contribution < -0.4 is 5.32 Å². The van der Waals surface area contributed by atoms with Gasteiger partial charge in [-0.05, 0) is 45.2 Å². The maximum Gasteiger partial charge on any atom is 0.318 e. The third-order valence-corrected chi connectivity index (χ3v) is 7.30. The van der Waals surface area contributed by atoms with Gasteiger partial charge in [-0.3, -0.25) is 0 Å². The van der Waals surface area contributed by atoms with E-state index in [9.17, 15) is 17.6 Å². The Morgan fingerprint density at radius 2 is 1.77 bits per heavy atom. The van der Waals surface area contributed by atoms with Gasteiger partial charge in [-0.2, -0.15) is 0 Å². The summed E-state index contributed by atoms with van der Waals surface area (Å²) in [6.45, 7) is 6.25. The van der Waals surface area contributed by atoms with Crippen molar-refractivity contribution < 1.29 is 17.6 Å². The lowest BCUT2D eigenvalue weighted by Gasteiger charge is -2.29. The van der Waals surface area contributed by atoms with Crippen LogP contribution in [-0.2, 0) is 28.7 Å². The molecule has 1 saturated carbocycles. The van der Waals surface area contributed by atoms with Crippen LogP contribution in [-0.4, -0.2) is 40.5 Å². The fraction of sp³-hybridized carbons (Fsp3) is 0.385. The fourth-order valence-corrected chi connectivity index (χ4v) is 5.41. The van der Waals surface area contributed by atoms with E-state index in [1.165, 1.54) is 24.4 Å². The fourth-order valence-electron chi connectivity index (χ4n) is 3.91. The number of aromatic nitrogens is 2. The molecule has 4 rings (SSSR count). The molecule has 1 aliphatic carbocycles. The van der Waals surface area contributed by atoms with Crippen LogP contribution in [0.1, 0.15) is 50.4 Å². The summed E-state index contributed by atoms with van der Waals surface area (Å²) in [5.74, 6) is -1.07. The van der Waals surface area contributed by atoms with Gasteiger partial charge in [0.15, 0.2) is 0 Å². The minimum absolute atomic E-state index is 0.0903. The summed E-state index contributed by atoms with van der Waals surface area (Å²) in [7, 11) is -3.96. The SMILES string of the molecule is CC(C)(C)NC(=O)N(Cc1cnc(S(=O)(=O)Cc2ccccc2F)n1Cc1ccccc1)C1CC1. The number of carbonyl (C=O) groups is 1. The van der Waals surface area contributed by atoms with Crippen LogP contribution in [0.5, 0.6) is 0 Å². The van der Waals surface area contributed by atoms with Crippen LogP contribution in [0.25, 0.3) is 0 Å². The van der Waals surface area contributed by atoms with Crippen molar-refractivity contribution in [3.63, 3.8) is 0 Å². The van der Waals surface area contributed by atoms with Gasteiger partial charge in [-0.1, -0.05) is 48.5 Å². The van der Waals surface area contributed by atoms with Crippen molar-refractivity contribution in [2.45, 2.75) is 69.2 Å². The normalized spacial score (nSPS) is 14.1. The number of urea groups is 1. The Labute approximate surface area is 205 Å². The molecule has 2 amide bonds. The Morgan fingerprint density at radius 3 is 2.40 bits per heavy atom. The molecule has 1 N–H and O–H groups in total. The first-order valence-corrected chi connectivity index (χ1v) is 13.3. The maximum atomic E-state index is 14.2. The van der Waals surface area contributed by atoms with Crippen LogP contribution in [0.2, 0.25) is 0 Å². The lowest BCUT2D eigenvalue weighted by molar-refractivity contribution is 0.181. The number of imidazole rings is 1. The molecule has 2 aromatic carbocycles. The molecule has 0 saturated heterocycles. The van der Waals surface area contributed by atoms with Gasteiger partial charge in [0, 0.05) is 17.1 Å². The second kappa shape index (κ2) is 9.81. The summed E-state index contributed by atoms with van der Waals surface area (Å²) < 4.78 is 42.6. The third-order valence-electron chi connectivity index (χ3n) is 5.73. The topological polar surface area (TPSA) is 84.3 Å². The van der Waals surface area contributed by atoms with E-state index in [1.807, 2.05) is 51.1 Å². The highest BCUT2D eigenvalue weighted by atomic mass is 32.2. The van der Waals surface area contributed by atoms with E-state index in [4.69, 9.17) is 0 Å². The van der Waals surface area contributed by atoms with Crippen molar-refractivity contribution in [2.24, 2.45) is 0 Å². The number of carbonyl (C=O) groups excluding carboxylic acids is 1. The maximum absolute atomic E-state index is 14.2. The molecule has 1 heterocycles. The Balaban J connectivity index is 1.69. The summed E-state index contributed by atoms with van der Waals surface area (Å²) in [6, 6.07) is 15.2. The van der Waals surface area contributed by atoms with E-state index in [0.29, 0.717) is 5.69 Å². The lowest BCUT2D eigenvalue weighted by atomic mass is 10.1. The summed E-state index contributed by atoms with van der Waals surface area (Å²) in [6.07, 6.45) is 3.32. The van der Waals surface area contributed by atoms with Crippen LogP contribution in [0.4, 0.5) is 9.18 Å². The van der Waals surface area contributed by atoms with Gasteiger partial charge in [-0.25, -0.2) is 22.6 Å². The Morgan fingerprint density at radius 1 is 1.11 bits per heavy atom. The van der Waals surface area contributed by atoms with Gasteiger partial charge >= 0.3 is 6.03 Å². The van der Waals surface area contributed by atoms with Gasteiger partial charge in [0.2, 0.25) is 15.0 Å². The summed E-state index contributed by atoms with van der Waals surface area (Å²) in [5, 5.41) is 2.87. The number of rotatable bonds is 8. The molecule has 0 unspecified atom stereocenters. The molecule has 7 nitrogen and oxygen atoms in total. The van der Waals surface area contributed by atoms with Crippen LogP contribution in [0, 0.1) is 5.82 Å². The van der Waals surface area contributed by atoms with Gasteiger partial charge in [-0.15, -0.1) is 0 Å². The standard InChI is InChI=1S/C26H31FN4O3S/c1-26(2,3)29-24(32)30(21-13-14-21)17-22-15-28-25(31(22)16-19-9-5-4-6-10-19)35(33,34)18-20-11-7-8-12-23(20)27/h4-12,15,21H,13-14,16-18H2,1-3H3,(H,29,32). The number of amides is 2. The zero-order valence-electron chi connectivity index (χ0n) is 20.2. The van der Waals surface area contributed by atoms with Crippen LogP contribution in [0.3, 0.4) is 0 Å². The monoisotopic (exact) mass is 498 g/mol. The number of hydrogen-bond donors (Lipinski definition) is 1. The second-order valence-corrected chi connectivity index (χ2v) is 11.9. The Kier molecular flexibility index (Phi) is 6.98. The second-order valence-electron chi connectivity index (χ2n) is 9.99. The third kappa shape index (κ3) is 6.28. The predicted molar refractivity (Wildman–Crippen MR) is 132 cm³/mol. The van der Waals surface area contributed by atoms with Gasteiger partial charge in [0.05, 0.1) is 30.7 Å². The number of nitrogens with zero attached hydrogens (tertiary/aromatic N) is 3. The summed E-state index contributed by atoms with van der Waals surface area (Å²) in [5.41, 5.74) is 1.19. The largest absolute Gasteiger partial charge is 0.333 e. The first kappa shape index (κ1) is 24.9. The summed E-state index contributed by atoms with van der Waals surface area (Å²) in [4.78, 5) is 19.0. The molecule has 35 heavy (non-hydrogen) atoms. The molecule has 1 aliphatic rings. The molecule has 1 fully saturated rings. The highest BCUT2D eigenvalue weighted by Crippen LogP contribution is 2.30. The van der Waals surface area contributed by atoms with E-state index >= 15 is 0 Å². The molecule has 0 radical (unpaired) electrons. The average molecular weight is 499 g/mol. The molecule has 0 bridgehead atoms. The molecule has 0 spiro atoms. The van der Waals surface area contributed by atoms with Gasteiger partial charge in [0.1, 0.15) is 5.82 Å². The van der Waals surface area contributed by atoms with Crippen molar-refractivity contribution >= 4 is 15.9 Å². The molecule has 0 aliphatic heterocycles. The molecule has 0 atom stereocenters. The zero-order chi connectivity index (χ0) is 25.2. The number of nitrogens with one attached hydrogen (secondary N) is 1. The molecule has 186 valence electrons. The highest BCUT2D eigenvalue weighted by molar-refractivity contribution is 7.90. The first-order valence-electron chi connectivity index (χ1n) is 11.7. The summed E-state index contributed by atoms with van der Waals surface area (Å²) >= 11 is 0. The first-order chi connectivity index (χ1) is 16.5. The van der Waals surface area contributed by atoms with Crippen molar-refractivity contribution in [3.8, 4) is 0 Å². The van der Waals surface area contributed by atoms with E-state index in [1.54, 1.807) is 15.5 Å². The lowest BCUT2D eigenvalue weighted by Crippen LogP contribution is -2.49. The molecule has 9 heteroatoms. The number of hydrogen-bond acceptors (Lipinski definition) is 4. The van der Waals surface area contributed by atoms with E-state index in [2.05, 4.69) is 10.3 Å². The number of benzene rings is 2. The number of sulfone groups is 1. The quantitative estimate of drug-likeness (QED) is 0.495. The number of halogens is 1. The van der Waals surface area contributed by atoms with Crippen LogP contribution in [0.15, 0.2) is 66.0 Å². The Bertz CT molecular complexity index is 1300. The molecule has 1 aromatic heterocycles. The molecule has 3 aromatic rings. The van der Waals surface area contributed by atoms with Crippen LogP contribution >= 0.6 is 0 Å². The van der Waals surface area contributed by atoms with Crippen molar-refractivity contribution in [2.75, 3.05) is 0 Å². The van der Waals surface area contributed by atoms with Crippen molar-refractivity contribution in [1.29, 1.82) is 0 Å². The van der Waals surface area contributed by atoms with E-state index < -0.39 is 26.9 Å². The molecular weight excluding hydrogens is 467 g/mol. The van der Waals surface area contributed by atoms with E-state index in [-0.39, 0.29) is 35.9 Å². The minimum Gasteiger partial charge on any atom is -0.333 e. The van der Waals surface area contributed by atoms with Crippen molar-refractivity contribution in [1.82, 2.24) is 19.8 Å². The highest BCUT2D eigenvalue weighted by Gasteiger charge is 2.35. The van der Waals surface area contributed by atoms with Crippen molar-refractivity contribution in [3.05, 3.63) is 83.4 Å². The van der Waals surface area contributed by atoms with Gasteiger partial charge < -0.3 is 14.8 Å². The minimum atomic E-state index is -3.96. The smallest absolute Gasteiger partial charge is 0.318 e. The van der Waals surface area contributed by atoms with Gasteiger partial charge in [0.25, 0.3) is 0 Å². The Hall–Kier alpha value is -3.20. The zero-order valence-corrected chi connectivity index (χ0v) is 21.1. The molecular formula is C26H31FN4O3S.